The number of H-pyrrole nitrogens is 1. The number of nitrogens with zero attached hydrogens (tertiary/aromatic N) is 1. The first-order chi connectivity index (χ1) is 9.60. The molecule has 0 aliphatic rings. The molecule has 106 valence electrons. The summed E-state index contributed by atoms with van der Waals surface area (Å²) in [6.45, 7) is 5.09. The van der Waals surface area contributed by atoms with Crippen LogP contribution in [0.3, 0.4) is 0 Å². The number of hydrogen-bond acceptors (Lipinski definition) is 4. The molecule has 1 heterocycles. The van der Waals surface area contributed by atoms with Crippen LogP contribution in [0.4, 0.5) is 0 Å². The predicted octanol–water partition coefficient (Wildman–Crippen LogP) is 1.93. The summed E-state index contributed by atoms with van der Waals surface area (Å²) in [5.74, 6) is 1.31. The van der Waals surface area contributed by atoms with E-state index in [9.17, 15) is 4.79 Å². The van der Waals surface area contributed by atoms with Gasteiger partial charge in [0, 0.05) is 17.7 Å². The first-order valence-electron chi connectivity index (χ1n) is 6.62. The fourth-order valence-corrected chi connectivity index (χ4v) is 1.73. The van der Waals surface area contributed by atoms with Gasteiger partial charge < -0.3 is 10.5 Å². The maximum Gasteiger partial charge on any atom is 0.268 e. The van der Waals surface area contributed by atoms with Crippen LogP contribution in [-0.2, 0) is 6.54 Å². The van der Waals surface area contributed by atoms with E-state index in [2.05, 4.69) is 24.0 Å². The van der Waals surface area contributed by atoms with E-state index < -0.39 is 0 Å². The molecule has 1 aromatic carbocycles. The smallest absolute Gasteiger partial charge is 0.268 e. The Morgan fingerprint density at radius 3 is 2.60 bits per heavy atom. The molecule has 0 bridgehead atoms. The molecule has 1 aromatic heterocycles. The van der Waals surface area contributed by atoms with Gasteiger partial charge in [0.05, 0.1) is 12.3 Å². The van der Waals surface area contributed by atoms with Gasteiger partial charge in [-0.05, 0) is 36.2 Å². The molecule has 5 heteroatoms. The minimum atomic E-state index is -0.242. The second kappa shape index (κ2) is 6.34. The summed E-state index contributed by atoms with van der Waals surface area (Å²) in [6, 6.07) is 9.33. The van der Waals surface area contributed by atoms with Crippen LogP contribution < -0.4 is 16.0 Å². The number of nitrogens with one attached hydrogen (secondary N) is 1. The Bertz CT molecular complexity index is 618. The van der Waals surface area contributed by atoms with Gasteiger partial charge in [0.2, 0.25) is 0 Å². The number of hydrogen-bond donors (Lipinski definition) is 2. The molecule has 2 rings (SSSR count). The van der Waals surface area contributed by atoms with Crippen molar-refractivity contribution in [1.82, 2.24) is 10.2 Å². The van der Waals surface area contributed by atoms with Crippen molar-refractivity contribution in [2.45, 2.75) is 20.4 Å². The zero-order chi connectivity index (χ0) is 14.5. The van der Waals surface area contributed by atoms with Gasteiger partial charge in [0.15, 0.2) is 0 Å². The van der Waals surface area contributed by atoms with Crippen molar-refractivity contribution in [2.75, 3.05) is 6.61 Å². The predicted molar refractivity (Wildman–Crippen MR) is 78.5 cm³/mol. The highest BCUT2D eigenvalue weighted by molar-refractivity contribution is 5.60. The van der Waals surface area contributed by atoms with E-state index in [1.807, 2.05) is 24.3 Å². The summed E-state index contributed by atoms with van der Waals surface area (Å²) in [7, 11) is 0. The molecule has 0 spiro atoms. The molecule has 0 aliphatic carbocycles. The number of rotatable bonds is 5. The second-order valence-corrected chi connectivity index (χ2v) is 5.04. The van der Waals surface area contributed by atoms with Crippen LogP contribution in [0, 0.1) is 5.92 Å². The van der Waals surface area contributed by atoms with E-state index in [1.165, 1.54) is 0 Å². The van der Waals surface area contributed by atoms with Crippen molar-refractivity contribution >= 4 is 0 Å². The maximum absolute atomic E-state index is 11.4. The van der Waals surface area contributed by atoms with Crippen LogP contribution in [0.1, 0.15) is 19.4 Å². The summed E-state index contributed by atoms with van der Waals surface area (Å²) in [5, 5.41) is 6.48. The molecule has 0 saturated heterocycles. The zero-order valence-electron chi connectivity index (χ0n) is 11.7. The summed E-state index contributed by atoms with van der Waals surface area (Å²) >= 11 is 0. The molecule has 0 unspecified atom stereocenters. The van der Waals surface area contributed by atoms with Gasteiger partial charge in [-0.15, -0.1) is 0 Å². The Labute approximate surface area is 117 Å². The van der Waals surface area contributed by atoms with E-state index >= 15 is 0 Å². The van der Waals surface area contributed by atoms with Gasteiger partial charge in [-0.2, -0.15) is 5.10 Å². The van der Waals surface area contributed by atoms with Crippen molar-refractivity contribution in [3.05, 3.63) is 46.2 Å². The summed E-state index contributed by atoms with van der Waals surface area (Å²) < 4.78 is 5.62. The molecule has 0 atom stereocenters. The number of benzene rings is 1. The number of ether oxygens (including phenoxy) is 1. The monoisotopic (exact) mass is 273 g/mol. The lowest BCUT2D eigenvalue weighted by atomic mass is 10.1. The Hall–Kier alpha value is -2.14. The third-order valence-corrected chi connectivity index (χ3v) is 2.83. The second-order valence-electron chi connectivity index (χ2n) is 5.04. The van der Waals surface area contributed by atoms with Crippen molar-refractivity contribution in [3.63, 3.8) is 0 Å². The van der Waals surface area contributed by atoms with Crippen LogP contribution in [0.25, 0.3) is 11.3 Å². The SMILES string of the molecule is CC(C)COc1ccc(-c2cc(CN)c(=O)[nH]n2)cc1. The summed E-state index contributed by atoms with van der Waals surface area (Å²) in [5.41, 5.74) is 7.41. The molecule has 0 radical (unpaired) electrons. The van der Waals surface area contributed by atoms with E-state index in [4.69, 9.17) is 10.5 Å². The van der Waals surface area contributed by atoms with Crippen molar-refractivity contribution < 1.29 is 4.74 Å². The first kappa shape index (κ1) is 14.3. The maximum atomic E-state index is 11.4. The van der Waals surface area contributed by atoms with Gasteiger partial charge in [-0.1, -0.05) is 13.8 Å². The number of nitrogens with two attached hydrogens (primary N) is 1. The zero-order valence-corrected chi connectivity index (χ0v) is 11.7. The molecule has 0 amide bonds. The average molecular weight is 273 g/mol. The van der Waals surface area contributed by atoms with Crippen molar-refractivity contribution in [1.29, 1.82) is 0 Å². The molecule has 20 heavy (non-hydrogen) atoms. The van der Waals surface area contributed by atoms with Crippen LogP contribution in [0.15, 0.2) is 35.1 Å². The number of aromatic nitrogens is 2. The molecule has 2 aromatic rings. The minimum absolute atomic E-state index is 0.195. The first-order valence-corrected chi connectivity index (χ1v) is 6.62. The fraction of sp³-hybridized carbons (Fsp3) is 0.333. The van der Waals surface area contributed by atoms with Crippen LogP contribution >= 0.6 is 0 Å². The number of aromatic amines is 1. The van der Waals surface area contributed by atoms with Crippen LogP contribution in [-0.4, -0.2) is 16.8 Å². The van der Waals surface area contributed by atoms with Crippen LogP contribution in [0.5, 0.6) is 5.75 Å². The van der Waals surface area contributed by atoms with E-state index in [-0.39, 0.29) is 12.1 Å². The minimum Gasteiger partial charge on any atom is -0.493 e. The van der Waals surface area contributed by atoms with Crippen LogP contribution in [0.2, 0.25) is 0 Å². The quantitative estimate of drug-likeness (QED) is 0.872. The summed E-state index contributed by atoms with van der Waals surface area (Å²) in [4.78, 5) is 11.4. The van der Waals surface area contributed by atoms with Crippen molar-refractivity contribution in [2.24, 2.45) is 11.7 Å². The molecule has 0 fully saturated rings. The Morgan fingerprint density at radius 1 is 1.30 bits per heavy atom. The molecular weight excluding hydrogens is 254 g/mol. The Balaban J connectivity index is 2.19. The van der Waals surface area contributed by atoms with Gasteiger partial charge >= 0.3 is 0 Å². The van der Waals surface area contributed by atoms with Gasteiger partial charge in [-0.25, -0.2) is 5.10 Å². The third kappa shape index (κ3) is 3.45. The molecule has 0 saturated carbocycles. The standard InChI is InChI=1S/C15H19N3O2/c1-10(2)9-20-13-5-3-11(4-6-13)14-7-12(8-16)15(19)18-17-14/h3-7,10H,8-9,16H2,1-2H3,(H,18,19). The van der Waals surface area contributed by atoms with Gasteiger partial charge in [0.25, 0.3) is 5.56 Å². The van der Waals surface area contributed by atoms with E-state index in [0.717, 1.165) is 11.3 Å². The fourth-order valence-electron chi connectivity index (χ4n) is 1.73. The lowest BCUT2D eigenvalue weighted by Gasteiger charge is -2.09. The third-order valence-electron chi connectivity index (χ3n) is 2.83. The molecule has 0 aliphatic heterocycles. The van der Waals surface area contributed by atoms with Gasteiger partial charge in [-0.3, -0.25) is 4.79 Å². The Kier molecular flexibility index (Phi) is 4.53. The molecule has 5 nitrogen and oxygen atoms in total. The largest absolute Gasteiger partial charge is 0.493 e. The normalized spacial score (nSPS) is 10.8. The van der Waals surface area contributed by atoms with E-state index in [0.29, 0.717) is 23.8 Å². The molecular formula is C15H19N3O2. The Morgan fingerprint density at radius 2 is 2.00 bits per heavy atom. The van der Waals surface area contributed by atoms with Crippen molar-refractivity contribution in [3.8, 4) is 17.0 Å². The topological polar surface area (TPSA) is 81.0 Å². The molecule has 3 N–H and O–H groups in total. The highest BCUT2D eigenvalue weighted by atomic mass is 16.5. The summed E-state index contributed by atoms with van der Waals surface area (Å²) in [6.07, 6.45) is 0. The van der Waals surface area contributed by atoms with E-state index in [1.54, 1.807) is 6.07 Å². The lowest BCUT2D eigenvalue weighted by molar-refractivity contribution is 0.271. The highest BCUT2D eigenvalue weighted by Gasteiger charge is 2.05. The highest BCUT2D eigenvalue weighted by Crippen LogP contribution is 2.20. The lowest BCUT2D eigenvalue weighted by Crippen LogP contribution is -2.17. The van der Waals surface area contributed by atoms with Gasteiger partial charge in [0.1, 0.15) is 5.75 Å². The average Bonchev–Trinajstić information content (AvgIpc) is 2.46.